The molecule has 0 spiro atoms. The molecule has 7 nitrogen and oxygen atoms in total. The van der Waals surface area contributed by atoms with Crippen molar-refractivity contribution >= 4 is 17.1 Å². The monoisotopic (exact) mass is 639 g/mol. The van der Waals surface area contributed by atoms with E-state index in [4.69, 9.17) is 14.7 Å². The molecule has 2 saturated carbocycles. The first-order valence-electron chi connectivity index (χ1n) is 18.1. The standard InChI is InChI=1S/C41H45N5O2/c1-41(2,3)48-40(47)46-20-6-9-35(46)39-43-32-19-16-27(22-33(32)44-39)31-18-17-30(36-28-14-15-29(21-28)37(31)36)24-10-12-25(13-11-24)34-23-42-38(45-34)26-7-4-5-8-26/h10-13,16-19,22-23,26,28-29,35H,4-9,14-15,20-21H2,1-3H3,(H,42,45)(H,43,44). The van der Waals surface area contributed by atoms with E-state index in [1.54, 1.807) is 11.1 Å². The summed E-state index contributed by atoms with van der Waals surface area (Å²) in [5.74, 6) is 3.84. The fourth-order valence-corrected chi connectivity index (χ4v) is 9.19. The third-order valence-corrected chi connectivity index (χ3v) is 11.4. The largest absolute Gasteiger partial charge is 0.444 e. The van der Waals surface area contributed by atoms with Crippen molar-refractivity contribution in [3.8, 4) is 33.5 Å². The summed E-state index contributed by atoms with van der Waals surface area (Å²) in [5, 5.41) is 0. The van der Waals surface area contributed by atoms with E-state index in [0.29, 0.717) is 24.3 Å². The SMILES string of the molecule is CC(C)(C)OC(=O)N1CCCC1c1nc2ccc(-c3ccc(-c4ccc(-c5cnc(C6CCCC6)[nH]5)cc4)c4c3C3CCC4C3)cc2[nH]1. The lowest BCUT2D eigenvalue weighted by molar-refractivity contribution is 0.0219. The summed E-state index contributed by atoms with van der Waals surface area (Å²) < 4.78 is 5.72. The number of nitrogens with zero attached hydrogens (tertiary/aromatic N) is 3. The Morgan fingerprint density at radius 3 is 2.19 bits per heavy atom. The number of imidazole rings is 2. The van der Waals surface area contributed by atoms with E-state index in [0.717, 1.165) is 41.2 Å². The Hall–Kier alpha value is -4.39. The number of rotatable bonds is 5. The summed E-state index contributed by atoms with van der Waals surface area (Å²) in [5.41, 5.74) is 12.1. The molecule has 3 unspecified atom stereocenters. The summed E-state index contributed by atoms with van der Waals surface area (Å²) in [7, 11) is 0. The number of hydrogen-bond donors (Lipinski definition) is 2. The molecule has 1 saturated heterocycles. The van der Waals surface area contributed by atoms with E-state index in [2.05, 4.69) is 64.6 Å². The Morgan fingerprint density at radius 1 is 0.771 bits per heavy atom. The molecular weight excluding hydrogens is 594 g/mol. The minimum absolute atomic E-state index is 0.0935. The first-order chi connectivity index (χ1) is 23.3. The normalized spacial score (nSPS) is 22.2. The maximum atomic E-state index is 13.0. The number of hydrogen-bond acceptors (Lipinski definition) is 4. The summed E-state index contributed by atoms with van der Waals surface area (Å²) in [6.45, 7) is 6.43. The molecule has 3 fully saturated rings. The lowest BCUT2D eigenvalue weighted by Crippen LogP contribution is -2.36. The molecule has 9 rings (SSSR count). The highest BCUT2D eigenvalue weighted by molar-refractivity contribution is 5.86. The molecule has 0 radical (unpaired) electrons. The van der Waals surface area contributed by atoms with Gasteiger partial charge in [0.05, 0.1) is 29.0 Å². The molecule has 4 aliphatic rings. The zero-order chi connectivity index (χ0) is 32.6. The number of H-pyrrole nitrogens is 2. The molecule has 3 aliphatic carbocycles. The van der Waals surface area contributed by atoms with Crippen LogP contribution in [0.1, 0.15) is 125 Å². The molecule has 2 aromatic heterocycles. The Kier molecular flexibility index (Phi) is 7.03. The number of aromatic amines is 2. The molecule has 5 aromatic rings. The average molecular weight is 640 g/mol. The Bertz CT molecular complexity index is 2010. The predicted octanol–water partition coefficient (Wildman–Crippen LogP) is 10.4. The van der Waals surface area contributed by atoms with Gasteiger partial charge >= 0.3 is 6.09 Å². The van der Waals surface area contributed by atoms with Crippen LogP contribution in [0.3, 0.4) is 0 Å². The maximum absolute atomic E-state index is 13.0. The molecule has 1 amide bonds. The van der Waals surface area contributed by atoms with Gasteiger partial charge < -0.3 is 14.7 Å². The molecule has 3 heterocycles. The van der Waals surface area contributed by atoms with Crippen molar-refractivity contribution in [2.45, 2.75) is 108 Å². The van der Waals surface area contributed by atoms with Gasteiger partial charge in [-0.2, -0.15) is 0 Å². The quantitative estimate of drug-likeness (QED) is 0.200. The molecule has 48 heavy (non-hydrogen) atoms. The summed E-state index contributed by atoms with van der Waals surface area (Å²) in [4.78, 5) is 31.8. The van der Waals surface area contributed by atoms with Gasteiger partial charge in [-0.15, -0.1) is 0 Å². The second-order valence-electron chi connectivity index (χ2n) is 15.6. The maximum Gasteiger partial charge on any atom is 0.410 e. The van der Waals surface area contributed by atoms with Gasteiger partial charge in [-0.25, -0.2) is 14.8 Å². The second-order valence-corrected chi connectivity index (χ2v) is 15.6. The van der Waals surface area contributed by atoms with Crippen molar-refractivity contribution in [1.82, 2.24) is 24.8 Å². The molecule has 3 aromatic carbocycles. The number of carbonyl (C=O) groups is 1. The van der Waals surface area contributed by atoms with Gasteiger partial charge in [0.1, 0.15) is 17.2 Å². The molecule has 1 aliphatic heterocycles. The highest BCUT2D eigenvalue weighted by Crippen LogP contribution is 2.58. The number of benzene rings is 3. The summed E-state index contributed by atoms with van der Waals surface area (Å²) >= 11 is 0. The van der Waals surface area contributed by atoms with E-state index in [1.165, 1.54) is 72.8 Å². The number of ether oxygens (including phenoxy) is 1. The van der Waals surface area contributed by atoms with Crippen LogP contribution in [0.4, 0.5) is 4.79 Å². The lowest BCUT2D eigenvalue weighted by atomic mass is 9.81. The van der Waals surface area contributed by atoms with Gasteiger partial charge in [0.15, 0.2) is 0 Å². The van der Waals surface area contributed by atoms with Gasteiger partial charge in [0.25, 0.3) is 0 Å². The van der Waals surface area contributed by atoms with E-state index in [9.17, 15) is 4.79 Å². The van der Waals surface area contributed by atoms with Crippen molar-refractivity contribution in [3.63, 3.8) is 0 Å². The van der Waals surface area contributed by atoms with Crippen LogP contribution >= 0.6 is 0 Å². The highest BCUT2D eigenvalue weighted by atomic mass is 16.6. The number of likely N-dealkylation sites (tertiary alicyclic amines) is 1. The number of fused-ring (bicyclic) bond motifs is 6. The number of aromatic nitrogens is 4. The molecule has 7 heteroatoms. The molecule has 2 bridgehead atoms. The van der Waals surface area contributed by atoms with Crippen LogP contribution in [0.5, 0.6) is 0 Å². The predicted molar refractivity (Wildman–Crippen MR) is 190 cm³/mol. The fourth-order valence-electron chi connectivity index (χ4n) is 9.19. The van der Waals surface area contributed by atoms with Gasteiger partial charge in [0, 0.05) is 12.5 Å². The topological polar surface area (TPSA) is 86.9 Å². The molecule has 246 valence electrons. The molecular formula is C41H45N5O2. The molecule has 2 N–H and O–H groups in total. The van der Waals surface area contributed by atoms with Crippen molar-refractivity contribution in [2.75, 3.05) is 6.54 Å². The van der Waals surface area contributed by atoms with E-state index in [-0.39, 0.29) is 12.1 Å². The van der Waals surface area contributed by atoms with E-state index < -0.39 is 5.60 Å². The Balaban J connectivity index is 1.02. The smallest absolute Gasteiger partial charge is 0.410 e. The first-order valence-corrected chi connectivity index (χ1v) is 18.1. The van der Waals surface area contributed by atoms with Crippen molar-refractivity contribution in [2.24, 2.45) is 0 Å². The lowest BCUT2D eigenvalue weighted by Gasteiger charge is -2.27. The minimum atomic E-state index is -0.523. The van der Waals surface area contributed by atoms with Gasteiger partial charge in [-0.05, 0) is 129 Å². The van der Waals surface area contributed by atoms with Gasteiger partial charge in [0.2, 0.25) is 0 Å². The third-order valence-electron chi connectivity index (χ3n) is 11.4. The number of nitrogens with one attached hydrogen (secondary N) is 2. The summed E-state index contributed by atoms with van der Waals surface area (Å²) in [6, 6.07) is 20.4. The van der Waals surface area contributed by atoms with Crippen LogP contribution in [0.15, 0.2) is 60.8 Å². The third kappa shape index (κ3) is 5.13. The highest BCUT2D eigenvalue weighted by Gasteiger charge is 2.40. The van der Waals surface area contributed by atoms with E-state index in [1.807, 2.05) is 31.9 Å². The van der Waals surface area contributed by atoms with Crippen LogP contribution in [0.25, 0.3) is 44.5 Å². The Labute approximate surface area is 282 Å². The zero-order valence-electron chi connectivity index (χ0n) is 28.3. The summed E-state index contributed by atoms with van der Waals surface area (Å²) in [6.07, 6.45) is 12.5. The number of amides is 1. The molecule has 3 atom stereocenters. The van der Waals surface area contributed by atoms with Crippen molar-refractivity contribution < 1.29 is 9.53 Å². The van der Waals surface area contributed by atoms with Crippen LogP contribution in [0, 0.1) is 0 Å². The average Bonchev–Trinajstić information content (AvgIpc) is 3.92. The van der Waals surface area contributed by atoms with Crippen LogP contribution in [-0.4, -0.2) is 43.1 Å². The van der Waals surface area contributed by atoms with Crippen molar-refractivity contribution in [1.29, 1.82) is 0 Å². The van der Waals surface area contributed by atoms with Crippen LogP contribution in [-0.2, 0) is 4.74 Å². The van der Waals surface area contributed by atoms with E-state index >= 15 is 0 Å². The fraction of sp³-hybridized carbons (Fsp3) is 0.439. The Morgan fingerprint density at radius 2 is 1.46 bits per heavy atom. The second kappa shape index (κ2) is 11.4. The number of carbonyl (C=O) groups excluding carboxylic acids is 1. The van der Waals surface area contributed by atoms with Gasteiger partial charge in [-0.3, -0.25) is 4.90 Å². The zero-order valence-corrected chi connectivity index (χ0v) is 28.3. The minimum Gasteiger partial charge on any atom is -0.444 e. The van der Waals surface area contributed by atoms with Gasteiger partial charge in [-0.1, -0.05) is 55.3 Å². The van der Waals surface area contributed by atoms with Crippen LogP contribution in [0.2, 0.25) is 0 Å². The first kappa shape index (κ1) is 29.7. The van der Waals surface area contributed by atoms with Crippen LogP contribution < -0.4 is 0 Å². The van der Waals surface area contributed by atoms with Crippen molar-refractivity contribution in [3.05, 3.63) is 83.6 Å².